The van der Waals surface area contributed by atoms with E-state index in [-0.39, 0.29) is 11.9 Å². The van der Waals surface area contributed by atoms with Crippen molar-refractivity contribution in [2.24, 2.45) is 0 Å². The van der Waals surface area contributed by atoms with Crippen LogP contribution in [0, 0.1) is 20.8 Å². The summed E-state index contributed by atoms with van der Waals surface area (Å²) in [4.78, 5) is 11.1. The van der Waals surface area contributed by atoms with E-state index in [1.807, 2.05) is 0 Å². The van der Waals surface area contributed by atoms with Gasteiger partial charge in [-0.25, -0.2) is 0 Å². The second-order valence-corrected chi connectivity index (χ2v) is 4.95. The van der Waals surface area contributed by atoms with E-state index in [4.69, 9.17) is 0 Å². The van der Waals surface area contributed by atoms with Gasteiger partial charge in [-0.15, -0.1) is 0 Å². The van der Waals surface area contributed by atoms with E-state index in [0.717, 1.165) is 13.1 Å². The summed E-state index contributed by atoms with van der Waals surface area (Å²) in [5.74, 6) is 0.152. The fraction of sp³-hybridized carbons (Fsp3) is 0.500. The highest BCUT2D eigenvalue weighted by atomic mass is 16.1. The van der Waals surface area contributed by atoms with E-state index in [1.165, 1.54) is 22.3 Å². The average Bonchev–Trinajstić information content (AvgIpc) is 2.68. The molecule has 17 heavy (non-hydrogen) atoms. The van der Waals surface area contributed by atoms with Gasteiger partial charge in [0.05, 0.1) is 0 Å². The van der Waals surface area contributed by atoms with Crippen molar-refractivity contribution in [3.63, 3.8) is 0 Å². The number of benzene rings is 1. The van der Waals surface area contributed by atoms with Gasteiger partial charge in [-0.05, 0) is 43.0 Å². The van der Waals surface area contributed by atoms with Crippen LogP contribution in [0.4, 0.5) is 0 Å². The number of amides is 1. The molecule has 92 valence electrons. The summed E-state index contributed by atoms with van der Waals surface area (Å²) in [6, 6.07) is 4.75. The van der Waals surface area contributed by atoms with E-state index in [9.17, 15) is 4.79 Å². The monoisotopic (exact) mass is 232 g/mol. The van der Waals surface area contributed by atoms with Gasteiger partial charge in [0, 0.05) is 25.6 Å². The Balaban J connectivity index is 1.99. The zero-order valence-corrected chi connectivity index (χ0v) is 10.8. The van der Waals surface area contributed by atoms with Crippen LogP contribution in [-0.4, -0.2) is 18.5 Å². The molecule has 0 aliphatic carbocycles. The molecular weight excluding hydrogens is 212 g/mol. The second kappa shape index (κ2) is 4.88. The van der Waals surface area contributed by atoms with Gasteiger partial charge in [-0.3, -0.25) is 4.79 Å². The first-order chi connectivity index (χ1) is 8.06. The summed E-state index contributed by atoms with van der Waals surface area (Å²) >= 11 is 0. The lowest BCUT2D eigenvalue weighted by Gasteiger charge is -2.14. The topological polar surface area (TPSA) is 41.1 Å². The SMILES string of the molecule is Cc1cc(C)c(CNC2CNC(=O)C2)cc1C. The number of carbonyl (C=O) groups excluding carboxylic acids is 1. The van der Waals surface area contributed by atoms with Crippen LogP contribution in [0.25, 0.3) is 0 Å². The molecule has 0 radical (unpaired) electrons. The number of hydrogen-bond acceptors (Lipinski definition) is 2. The third kappa shape index (κ3) is 2.86. The van der Waals surface area contributed by atoms with Gasteiger partial charge in [0.1, 0.15) is 0 Å². The van der Waals surface area contributed by atoms with E-state index < -0.39 is 0 Å². The number of rotatable bonds is 3. The van der Waals surface area contributed by atoms with Crippen molar-refractivity contribution in [3.05, 3.63) is 34.4 Å². The fourth-order valence-electron chi connectivity index (χ4n) is 2.21. The van der Waals surface area contributed by atoms with E-state index in [2.05, 4.69) is 43.5 Å². The third-order valence-corrected chi connectivity index (χ3v) is 3.51. The summed E-state index contributed by atoms with van der Waals surface area (Å²) in [6.45, 7) is 8.01. The van der Waals surface area contributed by atoms with Crippen LogP contribution in [0.15, 0.2) is 12.1 Å². The molecule has 1 heterocycles. The maximum absolute atomic E-state index is 11.1. The minimum atomic E-state index is 0.152. The minimum absolute atomic E-state index is 0.152. The van der Waals surface area contributed by atoms with Crippen LogP contribution in [0.5, 0.6) is 0 Å². The lowest BCUT2D eigenvalue weighted by atomic mass is 10.0. The summed E-state index contributed by atoms with van der Waals surface area (Å²) in [5, 5.41) is 6.27. The van der Waals surface area contributed by atoms with Gasteiger partial charge in [0.25, 0.3) is 0 Å². The third-order valence-electron chi connectivity index (χ3n) is 3.51. The van der Waals surface area contributed by atoms with Gasteiger partial charge in [-0.2, -0.15) is 0 Å². The quantitative estimate of drug-likeness (QED) is 0.831. The molecular formula is C14H20N2O. The lowest BCUT2D eigenvalue weighted by Crippen LogP contribution is -2.30. The maximum Gasteiger partial charge on any atom is 0.221 e. The molecule has 1 aliphatic heterocycles. The van der Waals surface area contributed by atoms with E-state index in [0.29, 0.717) is 6.42 Å². The molecule has 0 saturated carbocycles. The highest BCUT2D eigenvalue weighted by Gasteiger charge is 2.20. The first-order valence-electron chi connectivity index (χ1n) is 6.13. The normalized spacial score (nSPS) is 19.5. The van der Waals surface area contributed by atoms with Crippen molar-refractivity contribution in [1.82, 2.24) is 10.6 Å². The molecule has 2 rings (SSSR count). The van der Waals surface area contributed by atoms with Gasteiger partial charge >= 0.3 is 0 Å². The predicted molar refractivity (Wildman–Crippen MR) is 68.9 cm³/mol. The minimum Gasteiger partial charge on any atom is -0.354 e. The van der Waals surface area contributed by atoms with E-state index in [1.54, 1.807) is 0 Å². The summed E-state index contributed by atoms with van der Waals surface area (Å²) in [6.07, 6.45) is 0.601. The molecule has 3 nitrogen and oxygen atoms in total. The summed E-state index contributed by atoms with van der Waals surface area (Å²) < 4.78 is 0. The Morgan fingerprint density at radius 3 is 2.59 bits per heavy atom. The van der Waals surface area contributed by atoms with Crippen LogP contribution in [0.1, 0.15) is 28.7 Å². The Labute approximate surface area is 103 Å². The Morgan fingerprint density at radius 1 is 1.24 bits per heavy atom. The summed E-state index contributed by atoms with van der Waals surface area (Å²) in [7, 11) is 0. The molecule has 0 aromatic heterocycles. The molecule has 1 aromatic carbocycles. The van der Waals surface area contributed by atoms with Crippen molar-refractivity contribution in [1.29, 1.82) is 0 Å². The number of carbonyl (C=O) groups is 1. The van der Waals surface area contributed by atoms with Crippen LogP contribution in [0.3, 0.4) is 0 Å². The molecule has 2 N–H and O–H groups in total. The van der Waals surface area contributed by atoms with Crippen LogP contribution < -0.4 is 10.6 Å². The Hall–Kier alpha value is -1.35. The first-order valence-corrected chi connectivity index (χ1v) is 6.13. The zero-order valence-electron chi connectivity index (χ0n) is 10.8. The standard InChI is InChI=1S/C14H20N2O/c1-9-4-11(3)12(5-10(9)2)7-15-13-6-14(17)16-8-13/h4-5,13,15H,6-8H2,1-3H3,(H,16,17). The molecule has 0 bridgehead atoms. The Bertz CT molecular complexity index is 440. The molecule has 1 atom stereocenters. The molecule has 1 unspecified atom stereocenters. The molecule has 1 saturated heterocycles. The van der Waals surface area contributed by atoms with Crippen molar-refractivity contribution in [3.8, 4) is 0 Å². The maximum atomic E-state index is 11.1. The highest BCUT2D eigenvalue weighted by molar-refractivity contribution is 5.78. The zero-order chi connectivity index (χ0) is 12.4. The molecule has 1 fully saturated rings. The van der Waals surface area contributed by atoms with Crippen LogP contribution in [0.2, 0.25) is 0 Å². The number of nitrogens with one attached hydrogen (secondary N) is 2. The molecule has 1 amide bonds. The Morgan fingerprint density at radius 2 is 1.94 bits per heavy atom. The van der Waals surface area contributed by atoms with Gasteiger partial charge in [0.2, 0.25) is 5.91 Å². The van der Waals surface area contributed by atoms with Gasteiger partial charge in [0.15, 0.2) is 0 Å². The van der Waals surface area contributed by atoms with Crippen LogP contribution in [-0.2, 0) is 11.3 Å². The number of aryl methyl sites for hydroxylation is 3. The Kier molecular flexibility index (Phi) is 3.48. The molecule has 1 aliphatic rings. The smallest absolute Gasteiger partial charge is 0.221 e. The number of hydrogen-bond donors (Lipinski definition) is 2. The fourth-order valence-corrected chi connectivity index (χ4v) is 2.21. The van der Waals surface area contributed by atoms with Gasteiger partial charge in [-0.1, -0.05) is 12.1 Å². The average molecular weight is 232 g/mol. The largest absolute Gasteiger partial charge is 0.354 e. The first kappa shape index (κ1) is 12.1. The van der Waals surface area contributed by atoms with Crippen LogP contribution >= 0.6 is 0 Å². The second-order valence-electron chi connectivity index (χ2n) is 4.95. The highest BCUT2D eigenvalue weighted by Crippen LogP contribution is 2.15. The molecule has 0 spiro atoms. The van der Waals surface area contributed by atoms with Crippen molar-refractivity contribution in [2.45, 2.75) is 39.8 Å². The van der Waals surface area contributed by atoms with Crippen molar-refractivity contribution < 1.29 is 4.79 Å². The van der Waals surface area contributed by atoms with E-state index >= 15 is 0 Å². The van der Waals surface area contributed by atoms with Crippen molar-refractivity contribution >= 4 is 5.91 Å². The lowest BCUT2D eigenvalue weighted by molar-refractivity contribution is -0.119. The van der Waals surface area contributed by atoms with Crippen molar-refractivity contribution in [2.75, 3.05) is 6.54 Å². The summed E-state index contributed by atoms with van der Waals surface area (Å²) in [5.41, 5.74) is 5.31. The molecule has 3 heteroatoms. The molecule has 1 aromatic rings. The predicted octanol–water partition coefficient (Wildman–Crippen LogP) is 1.59. The van der Waals surface area contributed by atoms with Gasteiger partial charge < -0.3 is 10.6 Å².